The fourth-order valence-corrected chi connectivity index (χ4v) is 4.18. The van der Waals surface area contributed by atoms with Gasteiger partial charge in [0.1, 0.15) is 0 Å². The van der Waals surface area contributed by atoms with E-state index in [2.05, 4.69) is 85.4 Å². The van der Waals surface area contributed by atoms with E-state index in [1.54, 1.807) is 12.1 Å². The third kappa shape index (κ3) is 5.11. The maximum Gasteiger partial charge on any atom is 0.0489 e. The zero-order valence-electron chi connectivity index (χ0n) is 17.6. The number of aryl methyl sites for hydroxylation is 2. The molecule has 0 aliphatic carbocycles. The third-order valence-electron chi connectivity index (χ3n) is 5.21. The van der Waals surface area contributed by atoms with Gasteiger partial charge >= 0.3 is 0 Å². The smallest absolute Gasteiger partial charge is 0.0489 e. The molecule has 0 fully saturated rings. The molecule has 0 saturated heterocycles. The molecule has 1 N–H and O–H groups in total. The second kappa shape index (κ2) is 9.94. The summed E-state index contributed by atoms with van der Waals surface area (Å²) in [5, 5.41) is 1.34. The molecule has 4 nitrogen and oxygen atoms in total. The van der Waals surface area contributed by atoms with Gasteiger partial charge in [0.15, 0.2) is 0 Å². The van der Waals surface area contributed by atoms with Crippen LogP contribution in [-0.4, -0.2) is 34.5 Å². The van der Waals surface area contributed by atoms with Crippen molar-refractivity contribution in [2.45, 2.75) is 19.4 Å². The number of rotatable bonds is 9. The molecule has 0 amide bonds. The lowest BCUT2D eigenvalue weighted by molar-refractivity contribution is 0.689. The van der Waals surface area contributed by atoms with Gasteiger partial charge in [-0.15, -0.1) is 0 Å². The van der Waals surface area contributed by atoms with Crippen molar-refractivity contribution in [1.29, 1.82) is 0 Å². The van der Waals surface area contributed by atoms with Gasteiger partial charge in [0.25, 0.3) is 0 Å². The summed E-state index contributed by atoms with van der Waals surface area (Å²) >= 11 is 1.64. The summed E-state index contributed by atoms with van der Waals surface area (Å²) in [5.41, 5.74) is 6.50. The highest BCUT2D eigenvalue weighted by Gasteiger charge is 2.11. The van der Waals surface area contributed by atoms with Gasteiger partial charge in [0.2, 0.25) is 0 Å². The maximum absolute atomic E-state index is 4.15. The third-order valence-corrected chi connectivity index (χ3v) is 5.90. The lowest BCUT2D eigenvalue weighted by Gasteiger charge is -2.08. The highest BCUT2D eigenvalue weighted by molar-refractivity contribution is 7.95. The van der Waals surface area contributed by atoms with Crippen molar-refractivity contribution in [2.75, 3.05) is 20.6 Å². The van der Waals surface area contributed by atoms with Gasteiger partial charge in [-0.05, 0) is 67.4 Å². The maximum atomic E-state index is 4.15. The predicted octanol–water partition coefficient (Wildman–Crippen LogP) is 5.20. The number of pyridine rings is 1. The highest BCUT2D eigenvalue weighted by atomic mass is 32.2. The van der Waals surface area contributed by atoms with E-state index < -0.39 is 0 Å². The molecule has 2 aromatic carbocycles. The number of nitrogens with one attached hydrogen (secondary N) is 1. The molecule has 0 bridgehead atoms. The molecular formula is C25H28N4S. The quantitative estimate of drug-likeness (QED) is 0.300. The molecule has 5 heteroatoms. The number of aromatic nitrogens is 2. The molecular weight excluding hydrogens is 388 g/mol. The number of benzene rings is 2. The van der Waals surface area contributed by atoms with Crippen LogP contribution in [0.1, 0.15) is 11.1 Å². The Kier molecular flexibility index (Phi) is 6.84. The molecule has 0 aliphatic rings. The van der Waals surface area contributed by atoms with E-state index in [0.29, 0.717) is 0 Å². The Bertz CT molecular complexity index is 1070. The van der Waals surface area contributed by atoms with Crippen LogP contribution in [0.4, 0.5) is 0 Å². The zero-order chi connectivity index (χ0) is 20.8. The van der Waals surface area contributed by atoms with Gasteiger partial charge < -0.3 is 4.57 Å². The van der Waals surface area contributed by atoms with Crippen LogP contribution in [0.5, 0.6) is 0 Å². The van der Waals surface area contributed by atoms with E-state index in [1.165, 1.54) is 33.2 Å². The van der Waals surface area contributed by atoms with Crippen molar-refractivity contribution in [1.82, 2.24) is 18.6 Å². The Morgan fingerprint density at radius 3 is 2.50 bits per heavy atom. The van der Waals surface area contributed by atoms with Crippen LogP contribution in [0.2, 0.25) is 0 Å². The second-order valence-electron chi connectivity index (χ2n) is 7.60. The van der Waals surface area contributed by atoms with Crippen LogP contribution in [0, 0.1) is 0 Å². The van der Waals surface area contributed by atoms with Gasteiger partial charge in [0.05, 0.1) is 0 Å². The first-order chi connectivity index (χ1) is 14.7. The summed E-state index contributed by atoms with van der Waals surface area (Å²) in [6, 6.07) is 21.7. The van der Waals surface area contributed by atoms with E-state index in [9.17, 15) is 0 Å². The van der Waals surface area contributed by atoms with E-state index in [1.807, 2.05) is 26.5 Å². The fraction of sp³-hybridized carbons (Fsp3) is 0.240. The van der Waals surface area contributed by atoms with Crippen LogP contribution in [-0.2, 0) is 19.4 Å². The number of nitrogens with zero attached hydrogens (tertiary/aromatic N) is 3. The molecule has 2 aromatic heterocycles. The summed E-state index contributed by atoms with van der Waals surface area (Å²) in [6.45, 7) is 1.91. The first-order valence-electron chi connectivity index (χ1n) is 10.3. The molecule has 30 heavy (non-hydrogen) atoms. The number of hydrogen-bond acceptors (Lipinski definition) is 4. The highest BCUT2D eigenvalue weighted by Crippen LogP contribution is 2.28. The summed E-state index contributed by atoms with van der Waals surface area (Å²) in [7, 11) is 4.10. The van der Waals surface area contributed by atoms with Crippen molar-refractivity contribution in [3.8, 4) is 11.1 Å². The SMILES string of the molecule is CN(C)SNCCc1cn(CCc2ccccc2)c2cc(-c3ccncc3)ccc12. The Hall–Kier alpha value is -2.60. The van der Waals surface area contributed by atoms with Crippen LogP contribution in [0.25, 0.3) is 22.0 Å². The van der Waals surface area contributed by atoms with Crippen molar-refractivity contribution >= 4 is 23.0 Å². The van der Waals surface area contributed by atoms with Crippen molar-refractivity contribution in [3.63, 3.8) is 0 Å². The zero-order valence-corrected chi connectivity index (χ0v) is 18.4. The standard InChI is InChI=1S/C25H28N4S/c1-28(2)30-27-16-12-23-19-29(17-13-20-6-4-3-5-7-20)25-18-22(8-9-24(23)25)21-10-14-26-15-11-21/h3-11,14-15,18-19,27H,12-13,16-17H2,1-2H3. The number of hydrogen-bond donors (Lipinski definition) is 1. The monoisotopic (exact) mass is 416 g/mol. The molecule has 4 rings (SSSR count). The Morgan fingerprint density at radius 1 is 0.933 bits per heavy atom. The van der Waals surface area contributed by atoms with Crippen molar-refractivity contribution < 1.29 is 0 Å². The molecule has 0 aliphatic heterocycles. The Labute approximate surface area is 183 Å². The lowest BCUT2D eigenvalue weighted by Crippen LogP contribution is -2.15. The minimum absolute atomic E-state index is 0.937. The molecule has 4 aromatic rings. The molecule has 0 saturated carbocycles. The Balaban J connectivity index is 1.62. The predicted molar refractivity (Wildman–Crippen MR) is 128 cm³/mol. The van der Waals surface area contributed by atoms with E-state index in [4.69, 9.17) is 0 Å². The first-order valence-corrected chi connectivity index (χ1v) is 11.1. The average Bonchev–Trinajstić information content (AvgIpc) is 3.13. The molecule has 2 heterocycles. The van der Waals surface area contributed by atoms with E-state index >= 15 is 0 Å². The van der Waals surface area contributed by atoms with Crippen LogP contribution in [0.15, 0.2) is 79.3 Å². The number of fused-ring (bicyclic) bond motifs is 1. The molecule has 0 atom stereocenters. The van der Waals surface area contributed by atoms with Crippen molar-refractivity contribution in [3.05, 3.63) is 90.4 Å². The van der Waals surface area contributed by atoms with E-state index in [0.717, 1.165) is 25.9 Å². The topological polar surface area (TPSA) is 33.1 Å². The van der Waals surface area contributed by atoms with Gasteiger partial charge in [0, 0.05) is 54.7 Å². The first kappa shape index (κ1) is 20.7. The van der Waals surface area contributed by atoms with Gasteiger partial charge in [-0.25, -0.2) is 4.31 Å². The van der Waals surface area contributed by atoms with Crippen LogP contribution >= 0.6 is 12.1 Å². The summed E-state index contributed by atoms with van der Waals surface area (Å²) < 4.78 is 7.92. The van der Waals surface area contributed by atoms with Crippen LogP contribution < -0.4 is 4.72 Å². The minimum atomic E-state index is 0.937. The molecule has 154 valence electrons. The lowest BCUT2D eigenvalue weighted by atomic mass is 10.0. The largest absolute Gasteiger partial charge is 0.347 e. The minimum Gasteiger partial charge on any atom is -0.347 e. The van der Waals surface area contributed by atoms with Gasteiger partial charge in [-0.2, -0.15) is 0 Å². The average molecular weight is 417 g/mol. The summed E-state index contributed by atoms with van der Waals surface area (Å²) in [5.74, 6) is 0. The normalized spacial score (nSPS) is 11.4. The van der Waals surface area contributed by atoms with Gasteiger partial charge in [-0.1, -0.05) is 42.5 Å². The molecule has 0 radical (unpaired) electrons. The fourth-order valence-electron chi connectivity index (χ4n) is 3.73. The Morgan fingerprint density at radius 2 is 1.73 bits per heavy atom. The second-order valence-corrected chi connectivity index (χ2v) is 8.80. The van der Waals surface area contributed by atoms with Crippen LogP contribution in [0.3, 0.4) is 0 Å². The van der Waals surface area contributed by atoms with E-state index in [-0.39, 0.29) is 0 Å². The molecule has 0 spiro atoms. The molecule has 0 unspecified atom stereocenters. The van der Waals surface area contributed by atoms with Crippen molar-refractivity contribution in [2.24, 2.45) is 0 Å². The summed E-state index contributed by atoms with van der Waals surface area (Å²) in [4.78, 5) is 4.15. The summed E-state index contributed by atoms with van der Waals surface area (Å²) in [6.07, 6.45) is 8.08. The van der Waals surface area contributed by atoms with Gasteiger partial charge in [-0.3, -0.25) is 9.71 Å².